The maximum atomic E-state index is 12.5. The number of nitrogens with two attached hydrogens (primary N) is 1. The van der Waals surface area contributed by atoms with Gasteiger partial charge in [0.2, 0.25) is 5.91 Å². The third-order valence-corrected chi connectivity index (χ3v) is 5.19. The fourth-order valence-corrected chi connectivity index (χ4v) is 4.00. The van der Waals surface area contributed by atoms with Crippen LogP contribution >= 0.6 is 0 Å². The highest BCUT2D eigenvalue weighted by molar-refractivity contribution is 5.83. The summed E-state index contributed by atoms with van der Waals surface area (Å²) in [6.45, 7) is 4.65. The maximum Gasteiger partial charge on any atom is 0.237 e. The van der Waals surface area contributed by atoms with Crippen molar-refractivity contribution in [1.82, 2.24) is 10.6 Å². The van der Waals surface area contributed by atoms with Crippen LogP contribution in [0.25, 0.3) is 6.08 Å². The van der Waals surface area contributed by atoms with Crippen LogP contribution in [0, 0.1) is 5.92 Å². The normalized spacial score (nSPS) is 26.2. The van der Waals surface area contributed by atoms with E-state index in [4.69, 9.17) is 5.73 Å². The van der Waals surface area contributed by atoms with Crippen LogP contribution in [-0.2, 0) is 11.2 Å². The number of carbonyl (C=O) groups is 1. The molecular weight excluding hydrogens is 298 g/mol. The highest BCUT2D eigenvalue weighted by Gasteiger charge is 2.42. The summed E-state index contributed by atoms with van der Waals surface area (Å²) in [4.78, 5) is 12.5. The summed E-state index contributed by atoms with van der Waals surface area (Å²) in [7, 11) is 0. The van der Waals surface area contributed by atoms with Gasteiger partial charge in [-0.1, -0.05) is 35.9 Å². The standard InChI is InChI=1S/C20H29N3O/c1-13(2)9-14-3-5-15(6-4-14)10-18(12-21)23-20(24)19-16-7-8-17(11-16)22-19/h3-6,9,16-19,22H,7-8,10-12,21H2,1-2H3,(H,23,24)/t16?,17?,18-,19?/m0/s1. The fraction of sp³-hybridized carbons (Fsp3) is 0.550. The molecule has 0 aromatic heterocycles. The van der Waals surface area contributed by atoms with E-state index in [1.165, 1.54) is 29.5 Å². The van der Waals surface area contributed by atoms with Gasteiger partial charge >= 0.3 is 0 Å². The molecule has 1 aliphatic carbocycles. The predicted molar refractivity (Wildman–Crippen MR) is 98.5 cm³/mol. The van der Waals surface area contributed by atoms with E-state index in [9.17, 15) is 4.79 Å². The lowest BCUT2D eigenvalue weighted by atomic mass is 9.98. The Morgan fingerprint density at radius 2 is 2.08 bits per heavy atom. The monoisotopic (exact) mass is 327 g/mol. The molecule has 24 heavy (non-hydrogen) atoms. The summed E-state index contributed by atoms with van der Waals surface area (Å²) < 4.78 is 0. The Morgan fingerprint density at radius 3 is 2.62 bits per heavy atom. The first-order valence-electron chi connectivity index (χ1n) is 9.05. The van der Waals surface area contributed by atoms with Gasteiger partial charge in [0.1, 0.15) is 0 Å². The molecule has 1 aromatic rings. The molecule has 4 atom stereocenters. The van der Waals surface area contributed by atoms with Crippen LogP contribution in [0.4, 0.5) is 0 Å². The highest BCUT2D eigenvalue weighted by Crippen LogP contribution is 2.35. The lowest BCUT2D eigenvalue weighted by Gasteiger charge is -2.25. The van der Waals surface area contributed by atoms with Gasteiger partial charge in [-0.2, -0.15) is 0 Å². The second-order valence-corrected chi connectivity index (χ2v) is 7.52. The van der Waals surface area contributed by atoms with Crippen LogP contribution < -0.4 is 16.4 Å². The Kier molecular flexibility index (Phi) is 5.36. The highest BCUT2D eigenvalue weighted by atomic mass is 16.2. The Labute approximate surface area is 144 Å². The van der Waals surface area contributed by atoms with E-state index in [0.29, 0.717) is 18.5 Å². The second kappa shape index (κ2) is 7.49. The van der Waals surface area contributed by atoms with Gasteiger partial charge in [0.05, 0.1) is 6.04 Å². The molecule has 1 aliphatic heterocycles. The fourth-order valence-electron chi connectivity index (χ4n) is 4.00. The number of hydrogen-bond donors (Lipinski definition) is 3. The number of carbonyl (C=O) groups excluding carboxylic acids is 1. The van der Waals surface area contributed by atoms with Crippen molar-refractivity contribution < 1.29 is 4.79 Å². The van der Waals surface area contributed by atoms with Gasteiger partial charge in [-0.15, -0.1) is 0 Å². The van der Waals surface area contributed by atoms with E-state index in [1.807, 2.05) is 0 Å². The molecule has 1 saturated heterocycles. The molecule has 4 nitrogen and oxygen atoms in total. The Hall–Kier alpha value is -1.65. The number of fused-ring (bicyclic) bond motifs is 2. The first-order chi connectivity index (χ1) is 11.5. The molecule has 1 heterocycles. The molecule has 3 unspecified atom stereocenters. The molecule has 3 rings (SSSR count). The lowest BCUT2D eigenvalue weighted by molar-refractivity contribution is -0.124. The van der Waals surface area contributed by atoms with Crippen LogP contribution in [0.2, 0.25) is 0 Å². The van der Waals surface area contributed by atoms with E-state index < -0.39 is 0 Å². The van der Waals surface area contributed by atoms with E-state index in [0.717, 1.165) is 12.8 Å². The minimum Gasteiger partial charge on any atom is -0.350 e. The van der Waals surface area contributed by atoms with Crippen molar-refractivity contribution >= 4 is 12.0 Å². The summed E-state index contributed by atoms with van der Waals surface area (Å²) in [5.41, 5.74) is 9.59. The number of hydrogen-bond acceptors (Lipinski definition) is 3. The molecule has 2 bridgehead atoms. The van der Waals surface area contributed by atoms with Crippen LogP contribution in [0.1, 0.15) is 44.2 Å². The van der Waals surface area contributed by atoms with Crippen molar-refractivity contribution in [2.45, 2.75) is 57.7 Å². The number of piperidine rings is 1. The molecule has 130 valence electrons. The summed E-state index contributed by atoms with van der Waals surface area (Å²) in [5, 5.41) is 6.60. The molecule has 2 aliphatic rings. The summed E-state index contributed by atoms with van der Waals surface area (Å²) in [6, 6.07) is 9.01. The van der Waals surface area contributed by atoms with E-state index in [-0.39, 0.29) is 18.0 Å². The van der Waals surface area contributed by atoms with Crippen LogP contribution in [0.15, 0.2) is 29.8 Å². The molecule has 4 N–H and O–H groups in total. The van der Waals surface area contributed by atoms with Crippen molar-refractivity contribution in [3.63, 3.8) is 0 Å². The van der Waals surface area contributed by atoms with E-state index in [2.05, 4.69) is 54.8 Å². The van der Waals surface area contributed by atoms with Crippen molar-refractivity contribution in [3.8, 4) is 0 Å². The lowest BCUT2D eigenvalue weighted by Crippen LogP contribution is -2.52. The third-order valence-electron chi connectivity index (χ3n) is 5.19. The molecule has 0 spiro atoms. The van der Waals surface area contributed by atoms with E-state index >= 15 is 0 Å². The molecular formula is C20H29N3O. The molecule has 1 aromatic carbocycles. The zero-order chi connectivity index (χ0) is 17.1. The summed E-state index contributed by atoms with van der Waals surface area (Å²) in [5.74, 6) is 0.635. The summed E-state index contributed by atoms with van der Waals surface area (Å²) in [6.07, 6.45) is 6.48. The maximum absolute atomic E-state index is 12.5. The van der Waals surface area contributed by atoms with Gasteiger partial charge in [-0.05, 0) is 56.6 Å². The van der Waals surface area contributed by atoms with Gasteiger partial charge in [-0.25, -0.2) is 0 Å². The predicted octanol–water partition coefficient (Wildman–Crippen LogP) is 2.24. The molecule has 1 saturated carbocycles. The summed E-state index contributed by atoms with van der Waals surface area (Å²) >= 11 is 0. The minimum absolute atomic E-state index is 0.00673. The van der Waals surface area contributed by atoms with Gasteiger partial charge in [0, 0.05) is 18.6 Å². The number of benzene rings is 1. The SMILES string of the molecule is CC(C)=Cc1ccc(C[C@@H](CN)NC(=O)C2NC3CCC2C3)cc1. The number of amides is 1. The quantitative estimate of drug-likeness (QED) is 0.750. The Morgan fingerprint density at radius 1 is 1.33 bits per heavy atom. The first kappa shape index (κ1) is 17.2. The van der Waals surface area contributed by atoms with Crippen LogP contribution in [0.3, 0.4) is 0 Å². The average Bonchev–Trinajstić information content (AvgIpc) is 3.18. The third kappa shape index (κ3) is 4.05. The van der Waals surface area contributed by atoms with Crippen molar-refractivity contribution in [1.29, 1.82) is 0 Å². The first-order valence-corrected chi connectivity index (χ1v) is 9.05. The number of rotatable bonds is 6. The topological polar surface area (TPSA) is 67.1 Å². The van der Waals surface area contributed by atoms with Crippen LogP contribution in [-0.4, -0.2) is 30.6 Å². The largest absolute Gasteiger partial charge is 0.350 e. The van der Waals surface area contributed by atoms with Crippen LogP contribution in [0.5, 0.6) is 0 Å². The smallest absolute Gasteiger partial charge is 0.237 e. The van der Waals surface area contributed by atoms with Gasteiger partial charge in [0.25, 0.3) is 0 Å². The van der Waals surface area contributed by atoms with E-state index in [1.54, 1.807) is 0 Å². The molecule has 4 heteroatoms. The van der Waals surface area contributed by atoms with Crippen molar-refractivity contribution in [2.24, 2.45) is 11.7 Å². The second-order valence-electron chi connectivity index (χ2n) is 7.52. The zero-order valence-corrected chi connectivity index (χ0v) is 14.7. The van der Waals surface area contributed by atoms with Gasteiger partial charge in [0.15, 0.2) is 0 Å². The van der Waals surface area contributed by atoms with Gasteiger partial charge in [-0.3, -0.25) is 4.79 Å². The molecule has 2 fully saturated rings. The zero-order valence-electron chi connectivity index (χ0n) is 14.7. The molecule has 0 radical (unpaired) electrons. The van der Waals surface area contributed by atoms with Gasteiger partial charge < -0.3 is 16.4 Å². The molecule has 1 amide bonds. The number of allylic oxidation sites excluding steroid dienone is 1. The number of nitrogens with one attached hydrogen (secondary N) is 2. The average molecular weight is 327 g/mol. The minimum atomic E-state index is -0.0159. The Balaban J connectivity index is 1.56. The van der Waals surface area contributed by atoms with Crippen molar-refractivity contribution in [2.75, 3.05) is 6.54 Å². The Bertz CT molecular complexity index is 604. The van der Waals surface area contributed by atoms with Crippen molar-refractivity contribution in [3.05, 3.63) is 41.0 Å².